The van der Waals surface area contributed by atoms with Crippen molar-refractivity contribution in [3.05, 3.63) is 84.7 Å². The van der Waals surface area contributed by atoms with Crippen molar-refractivity contribution < 1.29 is 9.53 Å². The zero-order valence-corrected chi connectivity index (χ0v) is 17.7. The molecule has 1 unspecified atom stereocenters. The highest BCUT2D eigenvalue weighted by Gasteiger charge is 2.14. The number of benzene rings is 3. The molecule has 4 rings (SSSR count). The third kappa shape index (κ3) is 4.33. The Morgan fingerprint density at radius 2 is 1.87 bits per heavy atom. The lowest BCUT2D eigenvalue weighted by Crippen LogP contribution is -2.28. The summed E-state index contributed by atoms with van der Waals surface area (Å²) in [4.78, 5) is 17.0. The molecule has 1 heterocycles. The monoisotopic (exact) mass is 417 g/mol. The predicted molar refractivity (Wildman–Crippen MR) is 121 cm³/mol. The van der Waals surface area contributed by atoms with Crippen LogP contribution in [0.3, 0.4) is 0 Å². The molecular formula is C24H23N3O2S. The van der Waals surface area contributed by atoms with E-state index in [-0.39, 0.29) is 11.9 Å². The molecule has 0 saturated heterocycles. The van der Waals surface area contributed by atoms with Crippen molar-refractivity contribution in [1.29, 1.82) is 0 Å². The number of nitrogens with zero attached hydrogens (tertiary/aromatic N) is 2. The van der Waals surface area contributed by atoms with Crippen molar-refractivity contribution in [2.45, 2.75) is 18.1 Å². The number of fused-ring (bicyclic) bond motifs is 1. The molecule has 3 aromatic carbocycles. The number of carbonyl (C=O) groups excluding carboxylic acids is 1. The van der Waals surface area contributed by atoms with Crippen LogP contribution in [0.5, 0.6) is 5.75 Å². The maximum Gasteiger partial charge on any atom is 0.230 e. The largest absolute Gasteiger partial charge is 0.497 e. The molecule has 0 aliphatic rings. The highest BCUT2D eigenvalue weighted by Crippen LogP contribution is 2.25. The lowest BCUT2D eigenvalue weighted by Gasteiger charge is -2.16. The number of hydrogen-bond acceptors (Lipinski definition) is 4. The minimum atomic E-state index is -0.0782. The van der Waals surface area contributed by atoms with Gasteiger partial charge >= 0.3 is 0 Å². The standard InChI is InChI=1S/C24H23N3O2S/c1-17(21-9-5-7-18-6-3-4-8-22(18)21)26-23(28)16-30-24-25-14-15-27(24)19-10-12-20(29-2)13-11-19/h3-15,17H,16H2,1-2H3,(H,26,28). The second-order valence-corrected chi connectivity index (χ2v) is 7.87. The van der Waals surface area contributed by atoms with Gasteiger partial charge in [0.1, 0.15) is 5.75 Å². The zero-order chi connectivity index (χ0) is 20.9. The van der Waals surface area contributed by atoms with Crippen LogP contribution in [-0.2, 0) is 4.79 Å². The van der Waals surface area contributed by atoms with E-state index in [2.05, 4.69) is 34.6 Å². The molecule has 0 aliphatic heterocycles. The van der Waals surface area contributed by atoms with Crippen LogP contribution in [0.25, 0.3) is 16.5 Å². The average Bonchev–Trinajstić information content (AvgIpc) is 3.26. The van der Waals surface area contributed by atoms with Crippen LogP contribution in [-0.4, -0.2) is 28.3 Å². The minimum Gasteiger partial charge on any atom is -0.497 e. The Balaban J connectivity index is 1.41. The maximum absolute atomic E-state index is 12.6. The number of methoxy groups -OCH3 is 1. The summed E-state index contributed by atoms with van der Waals surface area (Å²) in [5.41, 5.74) is 2.09. The van der Waals surface area contributed by atoms with Gasteiger partial charge < -0.3 is 10.1 Å². The highest BCUT2D eigenvalue weighted by molar-refractivity contribution is 7.99. The van der Waals surface area contributed by atoms with E-state index in [4.69, 9.17) is 4.74 Å². The quantitative estimate of drug-likeness (QED) is 0.430. The molecule has 1 aromatic heterocycles. The molecule has 0 saturated carbocycles. The molecule has 1 amide bonds. The van der Waals surface area contributed by atoms with Gasteiger partial charge in [-0.25, -0.2) is 4.98 Å². The Labute approximate surface area is 180 Å². The smallest absolute Gasteiger partial charge is 0.230 e. The van der Waals surface area contributed by atoms with E-state index in [0.717, 1.165) is 27.5 Å². The number of rotatable bonds is 7. The third-order valence-electron chi connectivity index (χ3n) is 4.96. The summed E-state index contributed by atoms with van der Waals surface area (Å²) < 4.78 is 7.18. The van der Waals surface area contributed by atoms with Gasteiger partial charge in [-0.3, -0.25) is 9.36 Å². The van der Waals surface area contributed by atoms with Crippen LogP contribution in [0, 0.1) is 0 Å². The van der Waals surface area contributed by atoms with Gasteiger partial charge in [-0.05, 0) is 47.5 Å². The lowest BCUT2D eigenvalue weighted by atomic mass is 10.00. The molecule has 30 heavy (non-hydrogen) atoms. The number of hydrogen-bond donors (Lipinski definition) is 1. The molecule has 1 N–H and O–H groups in total. The fourth-order valence-electron chi connectivity index (χ4n) is 3.45. The fraction of sp³-hybridized carbons (Fsp3) is 0.167. The number of aromatic nitrogens is 2. The minimum absolute atomic E-state index is 0.0234. The maximum atomic E-state index is 12.6. The van der Waals surface area contributed by atoms with Crippen LogP contribution in [0.1, 0.15) is 18.5 Å². The van der Waals surface area contributed by atoms with Crippen molar-refractivity contribution in [3.8, 4) is 11.4 Å². The van der Waals surface area contributed by atoms with Crippen molar-refractivity contribution >= 4 is 28.4 Å². The van der Waals surface area contributed by atoms with E-state index in [9.17, 15) is 4.79 Å². The van der Waals surface area contributed by atoms with Gasteiger partial charge in [0.2, 0.25) is 5.91 Å². The van der Waals surface area contributed by atoms with Gasteiger partial charge in [0.15, 0.2) is 5.16 Å². The predicted octanol–water partition coefficient (Wildman–Crippen LogP) is 5.00. The van der Waals surface area contributed by atoms with Crippen LogP contribution >= 0.6 is 11.8 Å². The second kappa shape index (κ2) is 9.05. The molecule has 4 aromatic rings. The molecule has 0 aliphatic carbocycles. The van der Waals surface area contributed by atoms with E-state index in [1.165, 1.54) is 17.1 Å². The van der Waals surface area contributed by atoms with Crippen LogP contribution in [0.15, 0.2) is 84.3 Å². The first-order valence-electron chi connectivity index (χ1n) is 9.73. The molecule has 5 nitrogen and oxygen atoms in total. The first-order valence-corrected chi connectivity index (χ1v) is 10.7. The second-order valence-electron chi connectivity index (χ2n) is 6.92. The zero-order valence-electron chi connectivity index (χ0n) is 16.9. The van der Waals surface area contributed by atoms with Crippen molar-refractivity contribution in [1.82, 2.24) is 14.9 Å². The molecule has 6 heteroatoms. The van der Waals surface area contributed by atoms with Crippen LogP contribution in [0.4, 0.5) is 0 Å². The summed E-state index contributed by atoms with van der Waals surface area (Å²) in [6.45, 7) is 2.02. The Morgan fingerprint density at radius 1 is 1.10 bits per heavy atom. The Bertz CT molecular complexity index is 1150. The van der Waals surface area contributed by atoms with Gasteiger partial charge in [0.25, 0.3) is 0 Å². The van der Waals surface area contributed by atoms with Crippen molar-refractivity contribution in [3.63, 3.8) is 0 Å². The number of nitrogens with one attached hydrogen (secondary N) is 1. The van der Waals surface area contributed by atoms with E-state index < -0.39 is 0 Å². The van der Waals surface area contributed by atoms with Gasteiger partial charge in [-0.1, -0.05) is 54.2 Å². The van der Waals surface area contributed by atoms with Gasteiger partial charge in [-0.15, -0.1) is 0 Å². The van der Waals surface area contributed by atoms with Crippen molar-refractivity contribution in [2.24, 2.45) is 0 Å². The Hall–Kier alpha value is -3.25. The summed E-state index contributed by atoms with van der Waals surface area (Å²) in [6.07, 6.45) is 3.63. The van der Waals surface area contributed by atoms with Crippen LogP contribution in [0.2, 0.25) is 0 Å². The Morgan fingerprint density at radius 3 is 2.67 bits per heavy atom. The van der Waals surface area contributed by atoms with Gasteiger partial charge in [-0.2, -0.15) is 0 Å². The van der Waals surface area contributed by atoms with Gasteiger partial charge in [0.05, 0.1) is 18.9 Å². The van der Waals surface area contributed by atoms with Gasteiger partial charge in [0, 0.05) is 18.1 Å². The van der Waals surface area contributed by atoms with Crippen molar-refractivity contribution in [2.75, 3.05) is 12.9 Å². The number of thioether (sulfide) groups is 1. The Kier molecular flexibility index (Phi) is 6.05. The third-order valence-corrected chi connectivity index (χ3v) is 5.92. The first kappa shape index (κ1) is 20.0. The fourth-order valence-corrected chi connectivity index (χ4v) is 4.24. The average molecular weight is 418 g/mol. The molecule has 152 valence electrons. The molecule has 0 fully saturated rings. The summed E-state index contributed by atoms with van der Waals surface area (Å²) >= 11 is 1.42. The van der Waals surface area contributed by atoms with E-state index in [0.29, 0.717) is 5.75 Å². The molecule has 0 spiro atoms. The number of imidazole rings is 1. The van der Waals surface area contributed by atoms with Crippen LogP contribution < -0.4 is 10.1 Å². The van der Waals surface area contributed by atoms with E-state index >= 15 is 0 Å². The SMILES string of the molecule is COc1ccc(-n2ccnc2SCC(=O)NC(C)c2cccc3ccccc23)cc1. The molecule has 0 radical (unpaired) electrons. The normalized spacial score (nSPS) is 11.9. The highest BCUT2D eigenvalue weighted by atomic mass is 32.2. The first-order chi connectivity index (χ1) is 14.7. The number of ether oxygens (including phenoxy) is 1. The topological polar surface area (TPSA) is 56.2 Å². The summed E-state index contributed by atoms with van der Waals surface area (Å²) in [5, 5.41) is 6.22. The number of carbonyl (C=O) groups is 1. The number of amides is 1. The molecular weight excluding hydrogens is 394 g/mol. The van der Waals surface area contributed by atoms with E-state index in [1.807, 2.05) is 60.2 Å². The van der Waals surface area contributed by atoms with E-state index in [1.54, 1.807) is 13.3 Å². The summed E-state index contributed by atoms with van der Waals surface area (Å²) in [5.74, 6) is 1.07. The molecule has 0 bridgehead atoms. The molecule has 1 atom stereocenters. The lowest BCUT2D eigenvalue weighted by molar-refractivity contribution is -0.119. The summed E-state index contributed by atoms with van der Waals surface area (Å²) in [7, 11) is 1.64. The summed E-state index contributed by atoms with van der Waals surface area (Å²) in [6, 6.07) is 22.1.